The second-order valence-corrected chi connectivity index (χ2v) is 16.6. The number of urea groups is 1. The zero-order valence-corrected chi connectivity index (χ0v) is 30.5. The number of anilines is 2. The number of amides is 2. The van der Waals surface area contributed by atoms with Crippen LogP contribution in [0.5, 0.6) is 34.6 Å². The third-order valence-corrected chi connectivity index (χ3v) is 8.46. The number of carbonyl (C=O) groups is 1. The highest BCUT2D eigenvalue weighted by molar-refractivity contribution is 7.62. The highest BCUT2D eigenvalue weighted by atomic mass is 31.2. The first-order valence-electron chi connectivity index (χ1n) is 16.0. The van der Waals surface area contributed by atoms with Gasteiger partial charge in [-0.3, -0.25) is 0 Å². The molecule has 0 saturated carbocycles. The predicted octanol–water partition coefficient (Wildman–Crippen LogP) is 8.94. The lowest BCUT2D eigenvalue weighted by atomic mass is 9.86. The van der Waals surface area contributed by atoms with E-state index in [9.17, 15) is 9.36 Å². The number of methoxy groups -OCH3 is 3. The monoisotopic (exact) mass is 698 g/mol. The van der Waals surface area contributed by atoms with Gasteiger partial charge in [-0.05, 0) is 66.3 Å². The molecule has 1 aromatic heterocycles. The zero-order chi connectivity index (χ0) is 36.1. The number of benzene rings is 4. The second-order valence-electron chi connectivity index (χ2n) is 13.2. The topological polar surface area (TPSA) is 130 Å². The number of nitrogens with one attached hydrogen (secondary N) is 2. The highest BCUT2D eigenvalue weighted by Gasteiger charge is 2.23. The minimum Gasteiger partial charge on any atom is -0.497 e. The van der Waals surface area contributed by atoms with Crippen LogP contribution in [0.1, 0.15) is 37.7 Å². The van der Waals surface area contributed by atoms with Crippen LogP contribution in [0.4, 0.5) is 16.2 Å². The molecule has 1 heterocycles. The highest BCUT2D eigenvalue weighted by Crippen LogP contribution is 2.43. The predicted molar refractivity (Wildman–Crippen MR) is 198 cm³/mol. The van der Waals surface area contributed by atoms with E-state index >= 15 is 0 Å². The van der Waals surface area contributed by atoms with Crippen molar-refractivity contribution in [2.24, 2.45) is 0 Å². The first kappa shape index (κ1) is 36.0. The Morgan fingerprint density at radius 2 is 1.48 bits per heavy atom. The molecule has 0 aliphatic rings. The van der Waals surface area contributed by atoms with Gasteiger partial charge < -0.3 is 38.9 Å². The molecule has 12 heteroatoms. The van der Waals surface area contributed by atoms with Crippen LogP contribution in [0.3, 0.4) is 0 Å². The molecule has 2 amide bonds. The molecule has 0 atom stereocenters. The number of hydrogen-bond acceptors (Lipinski definition) is 9. The molecule has 4 aromatic carbocycles. The van der Waals surface area contributed by atoms with Crippen molar-refractivity contribution in [1.29, 1.82) is 0 Å². The Kier molecular flexibility index (Phi) is 10.9. The summed E-state index contributed by atoms with van der Waals surface area (Å²) < 4.78 is 41.1. The van der Waals surface area contributed by atoms with Crippen molar-refractivity contribution in [2.45, 2.75) is 32.6 Å². The van der Waals surface area contributed by atoms with E-state index in [1.54, 1.807) is 51.9 Å². The summed E-state index contributed by atoms with van der Waals surface area (Å²) >= 11 is 0. The van der Waals surface area contributed by atoms with Crippen LogP contribution in [-0.2, 0) is 16.4 Å². The normalized spacial score (nSPS) is 11.5. The maximum Gasteiger partial charge on any atom is 0.323 e. The Hall–Kier alpha value is -5.28. The third kappa shape index (κ3) is 9.03. The van der Waals surface area contributed by atoms with Gasteiger partial charge in [-0.15, -0.1) is 0 Å². The van der Waals surface area contributed by atoms with Gasteiger partial charge in [0.25, 0.3) is 0 Å². The molecule has 0 aliphatic heterocycles. The fourth-order valence-corrected chi connectivity index (χ4v) is 5.65. The number of rotatable bonds is 12. The Balaban J connectivity index is 1.38. The van der Waals surface area contributed by atoms with Gasteiger partial charge in [-0.1, -0.05) is 45.0 Å². The molecule has 11 nitrogen and oxygen atoms in total. The van der Waals surface area contributed by atoms with Crippen molar-refractivity contribution in [3.05, 3.63) is 95.9 Å². The summed E-state index contributed by atoms with van der Waals surface area (Å²) in [7, 11) is 2.23. The van der Waals surface area contributed by atoms with Crippen LogP contribution >= 0.6 is 7.14 Å². The maximum atomic E-state index is 13.5. The lowest BCUT2D eigenvalue weighted by Crippen LogP contribution is -2.21. The van der Waals surface area contributed by atoms with E-state index in [1.807, 2.05) is 54.6 Å². The fourth-order valence-electron chi connectivity index (χ4n) is 5.20. The zero-order valence-electron chi connectivity index (χ0n) is 29.6. The molecular formula is C38H43N4O7P. The summed E-state index contributed by atoms with van der Waals surface area (Å²) in [5, 5.41) is 7.44. The van der Waals surface area contributed by atoms with E-state index < -0.39 is 13.2 Å². The van der Waals surface area contributed by atoms with Gasteiger partial charge in [0.1, 0.15) is 36.6 Å². The van der Waals surface area contributed by atoms with E-state index in [0.717, 1.165) is 21.9 Å². The van der Waals surface area contributed by atoms with Crippen LogP contribution in [-0.4, -0.2) is 57.0 Å². The SMILES string of the molecule is COc1cc(Cc2nccc(Oc3ccc(NC(=O)Nc4cc(C(C)(C)C)cc(OCP(C)(C)=O)c4OC)c4ccccc34)n2)cc(OC)c1. The van der Waals surface area contributed by atoms with Crippen molar-refractivity contribution < 1.29 is 33.0 Å². The molecule has 2 N–H and O–H groups in total. The van der Waals surface area contributed by atoms with Crippen molar-refractivity contribution in [3.8, 4) is 34.6 Å². The Bertz CT molecular complexity index is 2030. The molecule has 0 bridgehead atoms. The number of hydrogen-bond donors (Lipinski definition) is 2. The summed E-state index contributed by atoms with van der Waals surface area (Å²) in [5.41, 5.74) is 2.57. The van der Waals surface area contributed by atoms with Crippen LogP contribution in [0.25, 0.3) is 10.8 Å². The van der Waals surface area contributed by atoms with E-state index in [2.05, 4.69) is 41.4 Å². The minimum atomic E-state index is -2.48. The summed E-state index contributed by atoms with van der Waals surface area (Å²) in [6.07, 6.45) is 2.13. The molecule has 0 unspecified atom stereocenters. The van der Waals surface area contributed by atoms with E-state index in [1.165, 1.54) is 7.11 Å². The molecule has 0 aliphatic carbocycles. The largest absolute Gasteiger partial charge is 0.497 e. The molecule has 0 fully saturated rings. The van der Waals surface area contributed by atoms with Gasteiger partial charge in [0, 0.05) is 35.5 Å². The first-order valence-corrected chi connectivity index (χ1v) is 18.8. The molecule has 0 saturated heterocycles. The van der Waals surface area contributed by atoms with Crippen LogP contribution in [0.2, 0.25) is 0 Å². The summed E-state index contributed by atoms with van der Waals surface area (Å²) in [5.74, 6) is 3.60. The van der Waals surface area contributed by atoms with Crippen LogP contribution in [0.15, 0.2) is 79.0 Å². The van der Waals surface area contributed by atoms with E-state index in [-0.39, 0.29) is 11.8 Å². The number of carbonyl (C=O) groups excluding carboxylic acids is 1. The van der Waals surface area contributed by atoms with Crippen molar-refractivity contribution in [3.63, 3.8) is 0 Å². The van der Waals surface area contributed by atoms with Gasteiger partial charge in [-0.2, -0.15) is 4.98 Å². The second kappa shape index (κ2) is 15.1. The Morgan fingerprint density at radius 1 is 0.800 bits per heavy atom. The summed E-state index contributed by atoms with van der Waals surface area (Å²) in [6.45, 7) is 9.50. The molecule has 0 radical (unpaired) electrons. The van der Waals surface area contributed by atoms with Gasteiger partial charge in [0.05, 0.1) is 32.7 Å². The van der Waals surface area contributed by atoms with Gasteiger partial charge >= 0.3 is 6.03 Å². The maximum absolute atomic E-state index is 13.5. The van der Waals surface area contributed by atoms with Crippen LogP contribution in [0, 0.1) is 0 Å². The average Bonchev–Trinajstić information content (AvgIpc) is 3.07. The molecule has 5 rings (SSSR count). The summed E-state index contributed by atoms with van der Waals surface area (Å²) in [4.78, 5) is 22.6. The molecule has 262 valence electrons. The summed E-state index contributed by atoms with van der Waals surface area (Å²) in [6, 6.07) is 21.7. The molecule has 50 heavy (non-hydrogen) atoms. The van der Waals surface area contributed by atoms with E-state index in [4.69, 9.17) is 23.7 Å². The lowest BCUT2D eigenvalue weighted by molar-refractivity contribution is 0.262. The fraction of sp³-hybridized carbons (Fsp3) is 0.289. The minimum absolute atomic E-state index is 0.0385. The third-order valence-electron chi connectivity index (χ3n) is 7.70. The molecule has 0 spiro atoms. The van der Waals surface area contributed by atoms with E-state index in [0.29, 0.717) is 58.2 Å². The Labute approximate surface area is 292 Å². The van der Waals surface area contributed by atoms with Gasteiger partial charge in [0.2, 0.25) is 5.88 Å². The average molecular weight is 699 g/mol. The quantitative estimate of drug-likeness (QED) is 0.123. The molecular weight excluding hydrogens is 655 g/mol. The molecule has 5 aromatic rings. The number of nitrogens with zero attached hydrogens (tertiary/aromatic N) is 2. The number of aromatic nitrogens is 2. The standard InChI is InChI=1S/C38H43N4O7P/c1-38(2,3)25-20-31(36(47-6)33(21-25)48-23-50(7,8)44)41-37(43)40-30-13-14-32(29-12-10-9-11-28(29)30)49-35-15-16-39-34(42-35)19-24-17-26(45-4)22-27(18-24)46-5/h9-18,20-22H,19,23H2,1-8H3,(H2,40,41,43). The number of fused-ring (bicyclic) bond motifs is 1. The number of ether oxygens (including phenoxy) is 5. The first-order chi connectivity index (χ1) is 23.8. The van der Waals surface area contributed by atoms with Crippen molar-refractivity contribution in [2.75, 3.05) is 51.6 Å². The Morgan fingerprint density at radius 3 is 2.12 bits per heavy atom. The smallest absolute Gasteiger partial charge is 0.323 e. The van der Waals surface area contributed by atoms with Crippen molar-refractivity contribution >= 4 is 35.3 Å². The van der Waals surface area contributed by atoms with Crippen LogP contribution < -0.4 is 34.3 Å². The lowest BCUT2D eigenvalue weighted by Gasteiger charge is -2.24. The van der Waals surface area contributed by atoms with Gasteiger partial charge in [0.15, 0.2) is 11.5 Å². The van der Waals surface area contributed by atoms with Gasteiger partial charge in [-0.25, -0.2) is 9.78 Å². The van der Waals surface area contributed by atoms with Crippen molar-refractivity contribution in [1.82, 2.24) is 9.97 Å².